The van der Waals surface area contributed by atoms with E-state index in [1.54, 1.807) is 31.2 Å². The topological polar surface area (TPSA) is 76.4 Å². The van der Waals surface area contributed by atoms with Crippen LogP contribution in [0, 0.1) is 6.92 Å². The molecular weight excluding hydrogens is 290 g/mol. The molecule has 21 heavy (non-hydrogen) atoms. The number of carbonyl (C=O) groups is 1. The number of hydrogen-bond acceptors (Lipinski definition) is 4. The van der Waals surface area contributed by atoms with E-state index in [2.05, 4.69) is 5.32 Å². The smallest absolute Gasteiger partial charge is 0.254 e. The molecule has 0 aliphatic carbocycles. The van der Waals surface area contributed by atoms with Crippen LogP contribution in [0.25, 0.3) is 0 Å². The lowest BCUT2D eigenvalue weighted by Gasteiger charge is -2.13. The highest BCUT2D eigenvalue weighted by Crippen LogP contribution is 2.13. The van der Waals surface area contributed by atoms with Gasteiger partial charge >= 0.3 is 0 Å². The quantitative estimate of drug-likeness (QED) is 0.918. The van der Waals surface area contributed by atoms with Gasteiger partial charge in [-0.15, -0.1) is 0 Å². The second-order valence-corrected chi connectivity index (χ2v) is 7.02. The molecule has 1 aromatic heterocycles. The number of rotatable bonds is 5. The molecule has 0 aliphatic rings. The third kappa shape index (κ3) is 3.95. The van der Waals surface area contributed by atoms with Crippen LogP contribution in [-0.2, 0) is 9.84 Å². The van der Waals surface area contributed by atoms with Crippen LogP contribution >= 0.6 is 0 Å². The van der Waals surface area contributed by atoms with Crippen molar-refractivity contribution < 1.29 is 17.6 Å². The number of carbonyl (C=O) groups excluding carboxylic acids is 1. The van der Waals surface area contributed by atoms with Gasteiger partial charge in [0.25, 0.3) is 5.91 Å². The number of furan rings is 1. The van der Waals surface area contributed by atoms with Crippen molar-refractivity contribution in [3.8, 4) is 0 Å². The predicted molar refractivity (Wildman–Crippen MR) is 78.9 cm³/mol. The van der Waals surface area contributed by atoms with E-state index in [4.69, 9.17) is 4.42 Å². The van der Waals surface area contributed by atoms with Crippen LogP contribution in [-0.4, -0.2) is 26.1 Å². The highest BCUT2D eigenvalue weighted by molar-refractivity contribution is 7.91. The molecule has 6 heteroatoms. The molecule has 2 aromatic rings. The maximum absolute atomic E-state index is 12.3. The van der Waals surface area contributed by atoms with Gasteiger partial charge in [0.1, 0.15) is 6.26 Å². The number of nitrogens with one attached hydrogen (secondary N) is 1. The molecule has 0 radical (unpaired) electrons. The van der Waals surface area contributed by atoms with Crippen molar-refractivity contribution in [1.29, 1.82) is 0 Å². The third-order valence-corrected chi connectivity index (χ3v) is 4.94. The van der Waals surface area contributed by atoms with Crippen molar-refractivity contribution in [2.75, 3.05) is 5.75 Å². The molecule has 1 N–H and O–H groups in total. The van der Waals surface area contributed by atoms with Crippen LogP contribution < -0.4 is 5.32 Å². The lowest BCUT2D eigenvalue weighted by Crippen LogP contribution is -2.37. The van der Waals surface area contributed by atoms with E-state index >= 15 is 0 Å². The normalized spacial score (nSPS) is 12.9. The Morgan fingerprint density at radius 2 is 1.90 bits per heavy atom. The molecule has 0 saturated heterocycles. The van der Waals surface area contributed by atoms with Gasteiger partial charge in [-0.25, -0.2) is 8.42 Å². The Labute approximate surface area is 123 Å². The number of amides is 1. The van der Waals surface area contributed by atoms with Crippen LogP contribution in [0.1, 0.15) is 22.8 Å². The molecule has 0 aliphatic heterocycles. The van der Waals surface area contributed by atoms with Gasteiger partial charge in [-0.1, -0.05) is 17.7 Å². The average molecular weight is 307 g/mol. The number of sulfone groups is 1. The maximum atomic E-state index is 12.3. The minimum Gasteiger partial charge on any atom is -0.472 e. The highest BCUT2D eigenvalue weighted by Gasteiger charge is 2.20. The zero-order valence-corrected chi connectivity index (χ0v) is 12.7. The summed E-state index contributed by atoms with van der Waals surface area (Å²) in [4.78, 5) is 12.1. The van der Waals surface area contributed by atoms with Crippen molar-refractivity contribution in [1.82, 2.24) is 5.32 Å². The van der Waals surface area contributed by atoms with Crippen LogP contribution in [0.2, 0.25) is 0 Å². The van der Waals surface area contributed by atoms with Gasteiger partial charge in [0.2, 0.25) is 0 Å². The number of hydrogen-bond donors (Lipinski definition) is 1. The summed E-state index contributed by atoms with van der Waals surface area (Å²) >= 11 is 0. The molecule has 1 amide bonds. The van der Waals surface area contributed by atoms with Crippen molar-refractivity contribution in [3.63, 3.8) is 0 Å². The van der Waals surface area contributed by atoms with Gasteiger partial charge < -0.3 is 9.73 Å². The zero-order chi connectivity index (χ0) is 15.5. The Balaban J connectivity index is 2.03. The molecule has 0 saturated carbocycles. The largest absolute Gasteiger partial charge is 0.472 e. The van der Waals surface area contributed by atoms with Crippen molar-refractivity contribution in [3.05, 3.63) is 54.0 Å². The average Bonchev–Trinajstić information content (AvgIpc) is 2.92. The predicted octanol–water partition coefficient (Wildman–Crippen LogP) is 2.18. The fourth-order valence-electron chi connectivity index (χ4n) is 1.91. The second-order valence-electron chi connectivity index (χ2n) is 4.98. The molecule has 1 aromatic carbocycles. The SMILES string of the molecule is Cc1ccc(S(=O)(=O)C[C@H](C)NC(=O)c2ccoc2)cc1. The van der Waals surface area contributed by atoms with Gasteiger partial charge in [0.05, 0.1) is 22.5 Å². The molecule has 1 atom stereocenters. The number of benzene rings is 1. The molecular formula is C15H17NO4S. The summed E-state index contributed by atoms with van der Waals surface area (Å²) in [5.74, 6) is -0.505. The molecule has 112 valence electrons. The first-order valence-corrected chi connectivity index (χ1v) is 8.16. The van der Waals surface area contributed by atoms with E-state index in [1.165, 1.54) is 18.6 Å². The lowest BCUT2D eigenvalue weighted by atomic mass is 10.2. The first-order valence-electron chi connectivity index (χ1n) is 6.51. The Morgan fingerprint density at radius 3 is 2.48 bits per heavy atom. The van der Waals surface area contributed by atoms with Crippen LogP contribution in [0.4, 0.5) is 0 Å². The lowest BCUT2D eigenvalue weighted by molar-refractivity contribution is 0.0943. The first kappa shape index (κ1) is 15.3. The summed E-state index contributed by atoms with van der Waals surface area (Å²) < 4.78 is 29.3. The van der Waals surface area contributed by atoms with E-state index in [0.717, 1.165) is 5.56 Å². The maximum Gasteiger partial charge on any atom is 0.254 e. The van der Waals surface area contributed by atoms with Crippen molar-refractivity contribution in [2.24, 2.45) is 0 Å². The molecule has 0 fully saturated rings. The zero-order valence-electron chi connectivity index (χ0n) is 11.9. The van der Waals surface area contributed by atoms with Crippen molar-refractivity contribution in [2.45, 2.75) is 24.8 Å². The summed E-state index contributed by atoms with van der Waals surface area (Å²) in [5.41, 5.74) is 1.37. The Morgan fingerprint density at radius 1 is 1.24 bits per heavy atom. The molecule has 1 heterocycles. The molecule has 2 rings (SSSR count). The van der Waals surface area contributed by atoms with E-state index in [1.807, 2.05) is 6.92 Å². The van der Waals surface area contributed by atoms with Crippen LogP contribution in [0.5, 0.6) is 0 Å². The number of aryl methyl sites for hydroxylation is 1. The second kappa shape index (κ2) is 6.13. The van der Waals surface area contributed by atoms with E-state index in [0.29, 0.717) is 5.56 Å². The Kier molecular flexibility index (Phi) is 4.47. The molecule has 0 bridgehead atoms. The fourth-order valence-corrected chi connectivity index (χ4v) is 3.40. The fraction of sp³-hybridized carbons (Fsp3) is 0.267. The third-order valence-electron chi connectivity index (χ3n) is 3.01. The van der Waals surface area contributed by atoms with Crippen LogP contribution in [0.3, 0.4) is 0 Å². The molecule has 5 nitrogen and oxygen atoms in total. The first-order chi connectivity index (χ1) is 9.88. The summed E-state index contributed by atoms with van der Waals surface area (Å²) in [6, 6.07) is 7.68. The van der Waals surface area contributed by atoms with Gasteiger partial charge in [0.15, 0.2) is 9.84 Å². The molecule has 0 unspecified atom stereocenters. The van der Waals surface area contributed by atoms with E-state index in [9.17, 15) is 13.2 Å². The van der Waals surface area contributed by atoms with E-state index < -0.39 is 15.9 Å². The standard InChI is InChI=1S/C15H17NO4S/c1-11-3-5-14(6-4-11)21(18,19)10-12(2)16-15(17)13-7-8-20-9-13/h3-9,12H,10H2,1-2H3,(H,16,17)/t12-/m0/s1. The summed E-state index contributed by atoms with van der Waals surface area (Å²) in [7, 11) is -3.43. The highest BCUT2D eigenvalue weighted by atomic mass is 32.2. The van der Waals surface area contributed by atoms with Crippen molar-refractivity contribution >= 4 is 15.7 Å². The van der Waals surface area contributed by atoms with Crippen LogP contribution in [0.15, 0.2) is 52.2 Å². The monoisotopic (exact) mass is 307 g/mol. The Hall–Kier alpha value is -2.08. The van der Waals surface area contributed by atoms with Gasteiger partial charge in [0, 0.05) is 6.04 Å². The van der Waals surface area contributed by atoms with Gasteiger partial charge in [-0.05, 0) is 32.0 Å². The van der Waals surface area contributed by atoms with Gasteiger partial charge in [-0.3, -0.25) is 4.79 Å². The van der Waals surface area contributed by atoms with E-state index in [-0.39, 0.29) is 16.6 Å². The Bertz CT molecular complexity index is 703. The molecule has 0 spiro atoms. The minimum absolute atomic E-state index is 0.153. The summed E-state index contributed by atoms with van der Waals surface area (Å²) in [6.07, 6.45) is 2.71. The van der Waals surface area contributed by atoms with Gasteiger partial charge in [-0.2, -0.15) is 0 Å². The summed E-state index contributed by atoms with van der Waals surface area (Å²) in [5, 5.41) is 2.64. The summed E-state index contributed by atoms with van der Waals surface area (Å²) in [6.45, 7) is 3.55. The minimum atomic E-state index is -3.43.